The molecule has 5 nitrogen and oxygen atoms in total. The van der Waals surface area contributed by atoms with Crippen molar-refractivity contribution in [1.29, 1.82) is 0 Å². The van der Waals surface area contributed by atoms with Crippen molar-refractivity contribution in [3.8, 4) is 0 Å². The van der Waals surface area contributed by atoms with Crippen molar-refractivity contribution in [2.45, 2.75) is 5.03 Å². The molecule has 0 amide bonds. The molecular formula is C17H13F3IN3O2S. The summed E-state index contributed by atoms with van der Waals surface area (Å²) in [5.74, 6) is -3.23. The first kappa shape index (κ1) is 19.5. The molecule has 3 rings (SSSR count). The lowest BCUT2D eigenvalue weighted by Gasteiger charge is -2.16. The minimum absolute atomic E-state index is 0.0707. The lowest BCUT2D eigenvalue weighted by Crippen LogP contribution is -2.17. The quantitative estimate of drug-likeness (QED) is 0.497. The van der Waals surface area contributed by atoms with Crippen molar-refractivity contribution >= 4 is 49.7 Å². The Kier molecular flexibility index (Phi) is 5.38. The standard InChI is InChI=1S/C17H13F3IN3O2S/c1-24-8-2-3-15(24)27(25,26)23-14-7-5-11(18)16(20)17(14)22-13-6-4-10(21)9-12(13)19/h2-9,22-23H,1H3. The van der Waals surface area contributed by atoms with Gasteiger partial charge in [0, 0.05) is 16.8 Å². The predicted octanol–water partition coefficient (Wildman–Crippen LogP) is 4.59. The van der Waals surface area contributed by atoms with Gasteiger partial charge in [-0.1, -0.05) is 0 Å². The van der Waals surface area contributed by atoms with E-state index >= 15 is 0 Å². The zero-order valence-electron chi connectivity index (χ0n) is 13.8. The molecule has 0 aliphatic carbocycles. The maximum Gasteiger partial charge on any atom is 0.277 e. The molecule has 1 aromatic heterocycles. The Bertz CT molecular complexity index is 1120. The highest BCUT2D eigenvalue weighted by atomic mass is 127. The zero-order valence-corrected chi connectivity index (χ0v) is 16.8. The number of hydrogen-bond acceptors (Lipinski definition) is 3. The summed E-state index contributed by atoms with van der Waals surface area (Å²) in [6, 6.07) is 8.84. The molecule has 1 heterocycles. The number of anilines is 3. The summed E-state index contributed by atoms with van der Waals surface area (Å²) in [6.07, 6.45) is 1.53. The molecule has 0 fully saturated rings. The summed E-state index contributed by atoms with van der Waals surface area (Å²) < 4.78 is 71.4. The molecule has 2 N–H and O–H groups in total. The molecule has 0 saturated carbocycles. The van der Waals surface area contributed by atoms with Gasteiger partial charge in [-0.15, -0.1) is 0 Å². The van der Waals surface area contributed by atoms with Gasteiger partial charge in [0.05, 0.1) is 11.4 Å². The van der Waals surface area contributed by atoms with Gasteiger partial charge in [-0.25, -0.2) is 13.2 Å². The zero-order chi connectivity index (χ0) is 19.8. The van der Waals surface area contributed by atoms with E-state index in [9.17, 15) is 21.6 Å². The van der Waals surface area contributed by atoms with Crippen LogP contribution in [0.1, 0.15) is 0 Å². The van der Waals surface area contributed by atoms with Crippen molar-refractivity contribution in [2.24, 2.45) is 7.05 Å². The van der Waals surface area contributed by atoms with Crippen LogP contribution in [0.25, 0.3) is 0 Å². The number of nitrogens with one attached hydrogen (secondary N) is 2. The molecular weight excluding hydrogens is 494 g/mol. The number of rotatable bonds is 5. The molecule has 10 heteroatoms. The molecule has 0 saturated heterocycles. The Hall–Kier alpha value is -2.21. The summed E-state index contributed by atoms with van der Waals surface area (Å²) in [6.45, 7) is 0. The van der Waals surface area contributed by atoms with Gasteiger partial charge in [-0.3, -0.25) is 4.72 Å². The van der Waals surface area contributed by atoms with Gasteiger partial charge in [0.2, 0.25) is 0 Å². The predicted molar refractivity (Wildman–Crippen MR) is 105 cm³/mol. The molecule has 0 atom stereocenters. The number of benzene rings is 2. The Morgan fingerprint density at radius 2 is 1.70 bits per heavy atom. The maximum absolute atomic E-state index is 14.4. The van der Waals surface area contributed by atoms with E-state index in [-0.39, 0.29) is 16.4 Å². The van der Waals surface area contributed by atoms with E-state index in [2.05, 4.69) is 10.0 Å². The summed E-state index contributed by atoms with van der Waals surface area (Å²) in [5, 5.41) is 2.36. The molecule has 0 aliphatic rings. The fraction of sp³-hybridized carbons (Fsp3) is 0.0588. The normalized spacial score (nSPS) is 11.4. The summed E-state index contributed by atoms with van der Waals surface area (Å²) in [5.41, 5.74) is -0.903. The van der Waals surface area contributed by atoms with E-state index in [1.165, 1.54) is 42.1 Å². The number of sulfonamides is 1. The first-order valence-corrected chi connectivity index (χ1v) is 10.1. The van der Waals surface area contributed by atoms with Crippen molar-refractivity contribution in [1.82, 2.24) is 4.57 Å². The third kappa shape index (κ3) is 4.05. The van der Waals surface area contributed by atoms with Gasteiger partial charge >= 0.3 is 0 Å². The highest BCUT2D eigenvalue weighted by Gasteiger charge is 2.22. The van der Waals surface area contributed by atoms with Crippen LogP contribution < -0.4 is 10.0 Å². The van der Waals surface area contributed by atoms with Crippen LogP contribution in [0.3, 0.4) is 0 Å². The summed E-state index contributed by atoms with van der Waals surface area (Å²) in [4.78, 5) is 0. The second-order valence-corrected chi connectivity index (χ2v) is 8.47. The molecule has 0 bridgehead atoms. The van der Waals surface area contributed by atoms with Crippen LogP contribution in [0, 0.1) is 21.0 Å². The Morgan fingerprint density at radius 3 is 2.33 bits per heavy atom. The van der Waals surface area contributed by atoms with Crippen molar-refractivity contribution < 1.29 is 21.6 Å². The van der Waals surface area contributed by atoms with Gasteiger partial charge in [0.25, 0.3) is 10.0 Å². The number of nitrogens with zero attached hydrogens (tertiary/aromatic N) is 1. The van der Waals surface area contributed by atoms with Crippen LogP contribution in [0.5, 0.6) is 0 Å². The van der Waals surface area contributed by atoms with E-state index in [0.29, 0.717) is 3.57 Å². The van der Waals surface area contributed by atoms with Crippen LogP contribution in [0.15, 0.2) is 53.7 Å². The first-order valence-electron chi connectivity index (χ1n) is 7.53. The van der Waals surface area contributed by atoms with E-state index in [1.807, 2.05) is 22.6 Å². The van der Waals surface area contributed by atoms with Crippen LogP contribution in [0.4, 0.5) is 30.2 Å². The monoisotopic (exact) mass is 507 g/mol. The Balaban J connectivity index is 2.04. The fourth-order valence-corrected chi connectivity index (χ4v) is 4.12. The average Bonchev–Trinajstić information content (AvgIpc) is 3.03. The summed E-state index contributed by atoms with van der Waals surface area (Å²) in [7, 11) is -2.55. The van der Waals surface area contributed by atoms with E-state index in [4.69, 9.17) is 0 Å². The van der Waals surface area contributed by atoms with Gasteiger partial charge in [0.15, 0.2) is 16.7 Å². The molecule has 0 spiro atoms. The minimum Gasteiger partial charge on any atom is -0.349 e. The molecule has 0 unspecified atom stereocenters. The number of aryl methyl sites for hydroxylation is 1. The Labute approximate surface area is 167 Å². The van der Waals surface area contributed by atoms with Crippen molar-refractivity contribution in [3.63, 3.8) is 0 Å². The van der Waals surface area contributed by atoms with Gasteiger partial charge in [0.1, 0.15) is 11.5 Å². The van der Waals surface area contributed by atoms with E-state index in [1.54, 1.807) is 6.07 Å². The number of aromatic nitrogens is 1. The van der Waals surface area contributed by atoms with Crippen LogP contribution in [-0.2, 0) is 17.1 Å². The SMILES string of the molecule is Cn1cccc1S(=O)(=O)Nc1ccc(F)c(F)c1Nc1ccc(I)cc1F. The second-order valence-electron chi connectivity index (χ2n) is 5.60. The second kappa shape index (κ2) is 7.43. The van der Waals surface area contributed by atoms with Crippen LogP contribution >= 0.6 is 22.6 Å². The third-order valence-electron chi connectivity index (χ3n) is 3.70. The van der Waals surface area contributed by atoms with E-state index in [0.717, 1.165) is 12.1 Å². The molecule has 2 aromatic carbocycles. The number of halogens is 4. The smallest absolute Gasteiger partial charge is 0.277 e. The fourth-order valence-electron chi connectivity index (χ4n) is 2.41. The average molecular weight is 507 g/mol. The lowest BCUT2D eigenvalue weighted by molar-refractivity contribution is 0.512. The highest BCUT2D eigenvalue weighted by molar-refractivity contribution is 14.1. The first-order chi connectivity index (χ1) is 12.7. The molecule has 0 radical (unpaired) electrons. The number of hydrogen-bond donors (Lipinski definition) is 2. The summed E-state index contributed by atoms with van der Waals surface area (Å²) >= 11 is 1.90. The van der Waals surface area contributed by atoms with Crippen LogP contribution in [-0.4, -0.2) is 13.0 Å². The topological polar surface area (TPSA) is 63.1 Å². The third-order valence-corrected chi connectivity index (χ3v) is 5.84. The highest BCUT2D eigenvalue weighted by Crippen LogP contribution is 2.33. The van der Waals surface area contributed by atoms with Gasteiger partial charge in [-0.05, 0) is 65.1 Å². The Morgan fingerprint density at radius 1 is 1.00 bits per heavy atom. The molecule has 142 valence electrons. The van der Waals surface area contributed by atoms with E-state index < -0.39 is 33.2 Å². The maximum atomic E-state index is 14.4. The molecule has 27 heavy (non-hydrogen) atoms. The molecule has 3 aromatic rings. The minimum atomic E-state index is -4.07. The lowest BCUT2D eigenvalue weighted by atomic mass is 10.2. The molecule has 0 aliphatic heterocycles. The van der Waals surface area contributed by atoms with Crippen molar-refractivity contribution in [3.05, 3.63) is 69.7 Å². The van der Waals surface area contributed by atoms with Crippen molar-refractivity contribution in [2.75, 3.05) is 10.0 Å². The van der Waals surface area contributed by atoms with Gasteiger partial charge < -0.3 is 9.88 Å². The van der Waals surface area contributed by atoms with Crippen LogP contribution in [0.2, 0.25) is 0 Å². The van der Waals surface area contributed by atoms with Gasteiger partial charge in [-0.2, -0.15) is 8.42 Å². The largest absolute Gasteiger partial charge is 0.349 e.